The maximum Gasteiger partial charge on any atom is 0.416 e. The molecule has 0 bridgehead atoms. The Bertz CT molecular complexity index is 991. The molecule has 4 nitrogen and oxygen atoms in total. The van der Waals surface area contributed by atoms with Crippen molar-refractivity contribution in [3.63, 3.8) is 0 Å². The van der Waals surface area contributed by atoms with Gasteiger partial charge in [0.05, 0.1) is 5.56 Å². The lowest BCUT2D eigenvalue weighted by atomic mass is 10.1. The molecular formula is C20H15F5N2O2. The number of imide groups is 1. The van der Waals surface area contributed by atoms with E-state index in [2.05, 4.69) is 5.32 Å². The average Bonchev–Trinajstić information content (AvgIpc) is 2.90. The molecule has 29 heavy (non-hydrogen) atoms. The van der Waals surface area contributed by atoms with Gasteiger partial charge in [0, 0.05) is 23.9 Å². The lowest BCUT2D eigenvalue weighted by Crippen LogP contribution is -2.34. The first-order chi connectivity index (χ1) is 13.6. The summed E-state index contributed by atoms with van der Waals surface area (Å²) in [6.07, 6.45) is -3.49. The van der Waals surface area contributed by atoms with Crippen LogP contribution in [0, 0.1) is 18.6 Å². The topological polar surface area (TPSA) is 49.4 Å². The second-order valence-corrected chi connectivity index (χ2v) is 6.49. The molecule has 152 valence electrons. The minimum absolute atomic E-state index is 0.0241. The van der Waals surface area contributed by atoms with E-state index in [0.717, 1.165) is 35.2 Å². The Hall–Kier alpha value is -3.23. The van der Waals surface area contributed by atoms with Gasteiger partial charge in [0.1, 0.15) is 17.3 Å². The molecule has 2 amide bonds. The molecule has 1 N–H and O–H groups in total. The zero-order valence-electron chi connectivity index (χ0n) is 15.1. The summed E-state index contributed by atoms with van der Waals surface area (Å²) in [7, 11) is 0. The van der Waals surface area contributed by atoms with E-state index in [-0.39, 0.29) is 29.9 Å². The molecule has 2 aromatic carbocycles. The number of alkyl halides is 3. The van der Waals surface area contributed by atoms with E-state index in [1.165, 1.54) is 19.1 Å². The Labute approximate surface area is 162 Å². The van der Waals surface area contributed by atoms with Crippen LogP contribution in [0.1, 0.15) is 16.7 Å². The molecule has 0 spiro atoms. The predicted octanol–water partition coefficient (Wildman–Crippen LogP) is 4.20. The van der Waals surface area contributed by atoms with Gasteiger partial charge in [0.2, 0.25) is 0 Å². The van der Waals surface area contributed by atoms with Gasteiger partial charge in [0.25, 0.3) is 11.8 Å². The first kappa shape index (κ1) is 20.5. The fraction of sp³-hybridized carbons (Fsp3) is 0.200. The molecule has 0 saturated carbocycles. The predicted molar refractivity (Wildman–Crippen MR) is 94.7 cm³/mol. The zero-order chi connectivity index (χ0) is 21.3. The largest absolute Gasteiger partial charge is 0.416 e. The Morgan fingerprint density at radius 3 is 2.31 bits per heavy atom. The van der Waals surface area contributed by atoms with Crippen molar-refractivity contribution in [1.82, 2.24) is 4.90 Å². The van der Waals surface area contributed by atoms with E-state index in [4.69, 9.17) is 0 Å². The van der Waals surface area contributed by atoms with E-state index in [0.29, 0.717) is 5.56 Å². The fourth-order valence-corrected chi connectivity index (χ4v) is 2.83. The quantitative estimate of drug-likeness (QED) is 0.594. The van der Waals surface area contributed by atoms with E-state index in [1.54, 1.807) is 0 Å². The van der Waals surface area contributed by atoms with E-state index >= 15 is 0 Å². The van der Waals surface area contributed by atoms with Crippen molar-refractivity contribution in [2.75, 3.05) is 11.9 Å². The van der Waals surface area contributed by atoms with E-state index < -0.39 is 35.2 Å². The average molecular weight is 410 g/mol. The van der Waals surface area contributed by atoms with E-state index in [9.17, 15) is 31.5 Å². The van der Waals surface area contributed by atoms with Crippen molar-refractivity contribution in [1.29, 1.82) is 0 Å². The summed E-state index contributed by atoms with van der Waals surface area (Å²) in [6, 6.07) is 6.57. The standard InChI is InChI=1S/C20H15F5N2O2/c1-11-15(21)8-14(9-16(11)22)26-17-10-18(28)27(19(17)29)6-5-12-3-2-4-13(7-12)20(23,24)25/h2-4,7-10,26H,5-6H2,1H3. The van der Waals surface area contributed by atoms with Crippen LogP contribution in [-0.4, -0.2) is 23.3 Å². The molecule has 0 unspecified atom stereocenters. The molecule has 0 aliphatic carbocycles. The first-order valence-corrected chi connectivity index (χ1v) is 8.52. The monoisotopic (exact) mass is 410 g/mol. The fourth-order valence-electron chi connectivity index (χ4n) is 2.83. The zero-order valence-corrected chi connectivity index (χ0v) is 15.1. The highest BCUT2D eigenvalue weighted by Crippen LogP contribution is 2.30. The van der Waals surface area contributed by atoms with Crippen molar-refractivity contribution in [2.45, 2.75) is 19.5 Å². The number of carbonyl (C=O) groups excluding carboxylic acids is 2. The van der Waals surface area contributed by atoms with Gasteiger partial charge in [-0.15, -0.1) is 0 Å². The van der Waals surface area contributed by atoms with Crippen LogP contribution < -0.4 is 5.32 Å². The van der Waals surface area contributed by atoms with Gasteiger partial charge in [0.15, 0.2) is 0 Å². The normalized spacial score (nSPS) is 14.4. The van der Waals surface area contributed by atoms with Crippen LogP contribution in [0.25, 0.3) is 0 Å². The number of amides is 2. The Balaban J connectivity index is 1.68. The number of benzene rings is 2. The SMILES string of the molecule is Cc1c(F)cc(NC2=CC(=O)N(CCc3cccc(C(F)(F)F)c3)C2=O)cc1F. The number of rotatable bonds is 5. The van der Waals surface area contributed by atoms with Crippen LogP contribution in [0.5, 0.6) is 0 Å². The van der Waals surface area contributed by atoms with Gasteiger partial charge in [-0.1, -0.05) is 18.2 Å². The molecule has 2 aromatic rings. The van der Waals surface area contributed by atoms with Crippen LogP contribution >= 0.6 is 0 Å². The van der Waals surface area contributed by atoms with E-state index in [1.807, 2.05) is 0 Å². The van der Waals surface area contributed by atoms with Crippen molar-refractivity contribution < 1.29 is 31.5 Å². The number of carbonyl (C=O) groups is 2. The van der Waals surface area contributed by atoms with Crippen LogP contribution in [0.3, 0.4) is 0 Å². The number of anilines is 1. The molecule has 0 saturated heterocycles. The van der Waals surface area contributed by atoms with Crippen molar-refractivity contribution in [2.24, 2.45) is 0 Å². The molecular weight excluding hydrogens is 395 g/mol. The smallest absolute Gasteiger partial charge is 0.351 e. The maximum absolute atomic E-state index is 13.6. The molecule has 1 heterocycles. The molecule has 0 radical (unpaired) electrons. The molecule has 1 aliphatic rings. The maximum atomic E-state index is 13.6. The van der Waals surface area contributed by atoms with Crippen LogP contribution in [0.4, 0.5) is 27.6 Å². The summed E-state index contributed by atoms with van der Waals surface area (Å²) in [5, 5.41) is 2.51. The summed E-state index contributed by atoms with van der Waals surface area (Å²) in [5.74, 6) is -3.03. The third-order valence-corrected chi connectivity index (χ3v) is 4.45. The van der Waals surface area contributed by atoms with Gasteiger partial charge >= 0.3 is 6.18 Å². The number of halogens is 5. The minimum Gasteiger partial charge on any atom is -0.351 e. The van der Waals surface area contributed by atoms with Gasteiger partial charge in [-0.2, -0.15) is 13.2 Å². The highest BCUT2D eigenvalue weighted by molar-refractivity contribution is 6.17. The number of hydrogen-bond donors (Lipinski definition) is 1. The lowest BCUT2D eigenvalue weighted by Gasteiger charge is -2.16. The molecule has 0 fully saturated rings. The summed E-state index contributed by atoms with van der Waals surface area (Å²) in [5.41, 5.74) is -0.914. The van der Waals surface area contributed by atoms with Gasteiger partial charge in [-0.3, -0.25) is 14.5 Å². The number of hydrogen-bond acceptors (Lipinski definition) is 3. The van der Waals surface area contributed by atoms with Gasteiger partial charge in [-0.05, 0) is 37.1 Å². The minimum atomic E-state index is -4.49. The molecule has 1 aliphatic heterocycles. The molecule has 9 heteroatoms. The summed E-state index contributed by atoms with van der Waals surface area (Å²) >= 11 is 0. The Morgan fingerprint density at radius 1 is 1.03 bits per heavy atom. The number of nitrogens with zero attached hydrogens (tertiary/aromatic N) is 1. The van der Waals surface area contributed by atoms with Crippen molar-refractivity contribution >= 4 is 17.5 Å². The number of nitrogens with one attached hydrogen (secondary N) is 1. The summed E-state index contributed by atoms with van der Waals surface area (Å²) in [4.78, 5) is 25.3. The lowest BCUT2D eigenvalue weighted by molar-refractivity contribution is -0.138. The van der Waals surface area contributed by atoms with Crippen molar-refractivity contribution in [3.8, 4) is 0 Å². The second-order valence-electron chi connectivity index (χ2n) is 6.49. The second kappa shape index (κ2) is 7.65. The third-order valence-electron chi connectivity index (χ3n) is 4.45. The van der Waals surface area contributed by atoms with Crippen LogP contribution in [0.15, 0.2) is 48.2 Å². The Kier molecular flexibility index (Phi) is 5.41. The summed E-state index contributed by atoms with van der Waals surface area (Å²) in [6.45, 7) is 1.12. The van der Waals surface area contributed by atoms with Gasteiger partial charge in [-0.25, -0.2) is 8.78 Å². The van der Waals surface area contributed by atoms with Crippen LogP contribution in [-0.2, 0) is 22.2 Å². The van der Waals surface area contributed by atoms with Crippen molar-refractivity contribution in [3.05, 3.63) is 76.5 Å². The molecule has 0 atom stereocenters. The summed E-state index contributed by atoms with van der Waals surface area (Å²) < 4.78 is 65.6. The highest BCUT2D eigenvalue weighted by atomic mass is 19.4. The Morgan fingerprint density at radius 2 is 1.69 bits per heavy atom. The third kappa shape index (κ3) is 4.44. The van der Waals surface area contributed by atoms with Crippen LogP contribution in [0.2, 0.25) is 0 Å². The highest BCUT2D eigenvalue weighted by Gasteiger charge is 2.32. The van der Waals surface area contributed by atoms with Gasteiger partial charge < -0.3 is 5.32 Å². The molecule has 3 rings (SSSR count). The first-order valence-electron chi connectivity index (χ1n) is 8.52. The molecule has 0 aromatic heterocycles.